The molecule has 0 aliphatic carbocycles. The van der Waals surface area contributed by atoms with Gasteiger partial charge in [-0.1, -0.05) is 13.8 Å². The predicted molar refractivity (Wildman–Crippen MR) is 52.9 cm³/mol. The number of nitrogens with zero attached hydrogens (tertiary/aromatic N) is 1. The van der Waals surface area contributed by atoms with Crippen molar-refractivity contribution >= 4 is 11.8 Å². The molecule has 2 N–H and O–H groups in total. The average molecular weight is 212 g/mol. The lowest BCUT2D eigenvalue weighted by Crippen LogP contribution is -2.64. The topological polar surface area (TPSA) is 69.6 Å². The van der Waals surface area contributed by atoms with Gasteiger partial charge in [0.15, 0.2) is 0 Å². The summed E-state index contributed by atoms with van der Waals surface area (Å²) in [6, 6.07) is -1.09. The van der Waals surface area contributed by atoms with Crippen LogP contribution < -0.4 is 5.32 Å². The highest BCUT2D eigenvalue weighted by molar-refractivity contribution is 5.98. The van der Waals surface area contributed by atoms with E-state index >= 15 is 0 Å². The highest BCUT2D eigenvalue weighted by atomic mass is 16.3. The van der Waals surface area contributed by atoms with Crippen LogP contribution in [0.5, 0.6) is 0 Å². The van der Waals surface area contributed by atoms with Crippen LogP contribution in [0, 0.1) is 5.92 Å². The van der Waals surface area contributed by atoms with E-state index in [1.807, 2.05) is 13.8 Å². The van der Waals surface area contributed by atoms with E-state index in [2.05, 4.69) is 5.32 Å². The molecule has 2 saturated heterocycles. The summed E-state index contributed by atoms with van der Waals surface area (Å²) in [5.74, 6) is -0.204. The maximum absolute atomic E-state index is 11.9. The number of fused-ring (bicyclic) bond motifs is 1. The van der Waals surface area contributed by atoms with Crippen molar-refractivity contribution in [1.29, 1.82) is 0 Å². The molecule has 0 saturated carbocycles. The van der Waals surface area contributed by atoms with Crippen LogP contribution in [0.2, 0.25) is 0 Å². The Morgan fingerprint density at radius 1 is 1.47 bits per heavy atom. The predicted octanol–water partition coefficient (Wildman–Crippen LogP) is -0.897. The second-order valence-corrected chi connectivity index (χ2v) is 4.56. The van der Waals surface area contributed by atoms with Gasteiger partial charge < -0.3 is 15.3 Å². The second kappa shape index (κ2) is 3.48. The fourth-order valence-corrected chi connectivity index (χ4v) is 2.27. The molecular weight excluding hydrogens is 196 g/mol. The molecule has 0 radical (unpaired) electrons. The summed E-state index contributed by atoms with van der Waals surface area (Å²) in [5, 5.41) is 12.3. The van der Waals surface area contributed by atoms with E-state index in [0.29, 0.717) is 13.0 Å². The maximum Gasteiger partial charge on any atom is 0.246 e. The van der Waals surface area contributed by atoms with E-state index in [9.17, 15) is 14.7 Å². The molecule has 5 heteroatoms. The molecule has 0 bridgehead atoms. The Kier molecular flexibility index (Phi) is 2.42. The first-order valence-electron chi connectivity index (χ1n) is 5.31. The second-order valence-electron chi connectivity index (χ2n) is 4.56. The van der Waals surface area contributed by atoms with E-state index in [-0.39, 0.29) is 17.7 Å². The van der Waals surface area contributed by atoms with E-state index in [1.54, 1.807) is 0 Å². The number of carbonyl (C=O) groups is 2. The number of hydrogen-bond acceptors (Lipinski definition) is 3. The van der Waals surface area contributed by atoms with Gasteiger partial charge in [-0.15, -0.1) is 0 Å². The molecule has 0 aromatic rings. The Bertz CT molecular complexity index is 303. The minimum atomic E-state index is -0.706. The van der Waals surface area contributed by atoms with E-state index < -0.39 is 18.2 Å². The van der Waals surface area contributed by atoms with Gasteiger partial charge in [-0.05, 0) is 12.3 Å². The summed E-state index contributed by atoms with van der Waals surface area (Å²) in [6.45, 7) is 4.28. The van der Waals surface area contributed by atoms with E-state index in [0.717, 1.165) is 0 Å². The van der Waals surface area contributed by atoms with E-state index in [4.69, 9.17) is 0 Å². The lowest BCUT2D eigenvalue weighted by atomic mass is 9.98. The van der Waals surface area contributed by atoms with Gasteiger partial charge in [-0.2, -0.15) is 0 Å². The molecule has 2 fully saturated rings. The molecule has 3 atom stereocenters. The summed E-state index contributed by atoms with van der Waals surface area (Å²) >= 11 is 0. The van der Waals surface area contributed by atoms with Crippen molar-refractivity contribution in [2.45, 2.75) is 38.5 Å². The monoisotopic (exact) mass is 212 g/mol. The number of nitrogens with one attached hydrogen (secondary N) is 1. The summed E-state index contributed by atoms with van der Waals surface area (Å²) in [4.78, 5) is 25.1. The third-order valence-corrected chi connectivity index (χ3v) is 3.15. The molecule has 5 nitrogen and oxygen atoms in total. The van der Waals surface area contributed by atoms with Crippen LogP contribution in [0.3, 0.4) is 0 Å². The van der Waals surface area contributed by atoms with E-state index in [1.165, 1.54) is 4.90 Å². The highest BCUT2D eigenvalue weighted by Gasteiger charge is 2.48. The first-order valence-corrected chi connectivity index (χ1v) is 5.31. The zero-order valence-electron chi connectivity index (χ0n) is 8.93. The smallest absolute Gasteiger partial charge is 0.246 e. The molecule has 2 aliphatic rings. The number of piperazine rings is 1. The SMILES string of the molecule is CC(C)[C@H]1NC(=O)[C@@H]2[C@H](O)CCN2C1=O. The number of aliphatic hydroxyl groups excluding tert-OH is 1. The lowest BCUT2D eigenvalue weighted by Gasteiger charge is -2.36. The van der Waals surface area contributed by atoms with Crippen molar-refractivity contribution < 1.29 is 14.7 Å². The molecule has 2 rings (SSSR count). The number of hydrogen-bond donors (Lipinski definition) is 2. The van der Waals surface area contributed by atoms with Crippen molar-refractivity contribution in [2.75, 3.05) is 6.54 Å². The summed E-state index contributed by atoms with van der Waals surface area (Å²) in [6.07, 6.45) is -0.212. The molecule has 84 valence electrons. The van der Waals surface area contributed by atoms with Crippen molar-refractivity contribution in [3.05, 3.63) is 0 Å². The summed E-state index contributed by atoms with van der Waals surface area (Å²) < 4.78 is 0. The van der Waals surface area contributed by atoms with Gasteiger partial charge in [0.1, 0.15) is 12.1 Å². The molecule has 0 spiro atoms. The Hall–Kier alpha value is -1.10. The molecule has 15 heavy (non-hydrogen) atoms. The Morgan fingerprint density at radius 3 is 2.73 bits per heavy atom. The van der Waals surface area contributed by atoms with Crippen molar-refractivity contribution in [1.82, 2.24) is 10.2 Å². The molecule has 2 amide bonds. The van der Waals surface area contributed by atoms with Crippen LogP contribution in [0.4, 0.5) is 0 Å². The number of rotatable bonds is 1. The van der Waals surface area contributed by atoms with Crippen LogP contribution in [-0.2, 0) is 9.59 Å². The average Bonchev–Trinajstić information content (AvgIpc) is 2.54. The van der Waals surface area contributed by atoms with Crippen LogP contribution in [0.15, 0.2) is 0 Å². The zero-order chi connectivity index (χ0) is 11.2. The molecule has 2 heterocycles. The quantitative estimate of drug-likeness (QED) is 0.592. The van der Waals surface area contributed by atoms with Crippen molar-refractivity contribution in [3.63, 3.8) is 0 Å². The van der Waals surface area contributed by atoms with Crippen LogP contribution in [0.1, 0.15) is 20.3 Å². The molecule has 0 unspecified atom stereocenters. The van der Waals surface area contributed by atoms with Gasteiger partial charge >= 0.3 is 0 Å². The van der Waals surface area contributed by atoms with Gasteiger partial charge in [0.05, 0.1) is 6.10 Å². The molecule has 0 aromatic carbocycles. The number of aliphatic hydroxyl groups is 1. The van der Waals surface area contributed by atoms with Crippen LogP contribution >= 0.6 is 0 Å². The van der Waals surface area contributed by atoms with Gasteiger partial charge in [0, 0.05) is 6.54 Å². The first-order chi connectivity index (χ1) is 7.02. The first kappa shape index (κ1) is 10.4. The Labute approximate surface area is 88.4 Å². The number of amides is 2. The fraction of sp³-hybridized carbons (Fsp3) is 0.800. The molecule has 2 aliphatic heterocycles. The van der Waals surface area contributed by atoms with Crippen LogP contribution in [0.25, 0.3) is 0 Å². The minimum absolute atomic E-state index is 0.0637. The number of carbonyl (C=O) groups excluding carboxylic acids is 2. The lowest BCUT2D eigenvalue weighted by molar-refractivity contribution is -0.150. The van der Waals surface area contributed by atoms with Gasteiger partial charge in [-0.25, -0.2) is 0 Å². The highest BCUT2D eigenvalue weighted by Crippen LogP contribution is 2.24. The van der Waals surface area contributed by atoms with Gasteiger partial charge in [0.25, 0.3) is 0 Å². The van der Waals surface area contributed by atoms with Crippen molar-refractivity contribution in [3.8, 4) is 0 Å². The maximum atomic E-state index is 11.9. The standard InChI is InChI=1S/C10H16N2O3/c1-5(2)7-10(15)12-4-3-6(13)8(12)9(14)11-7/h5-8,13H,3-4H2,1-2H3,(H,11,14)/t6-,7-,8+/m1/s1. The van der Waals surface area contributed by atoms with Crippen molar-refractivity contribution in [2.24, 2.45) is 5.92 Å². The largest absolute Gasteiger partial charge is 0.390 e. The van der Waals surface area contributed by atoms with Gasteiger partial charge in [0.2, 0.25) is 11.8 Å². The zero-order valence-corrected chi connectivity index (χ0v) is 8.93. The normalized spacial score (nSPS) is 35.7. The third kappa shape index (κ3) is 1.51. The van der Waals surface area contributed by atoms with Crippen LogP contribution in [-0.4, -0.2) is 46.6 Å². The molecule has 0 aromatic heterocycles. The summed E-state index contributed by atoms with van der Waals surface area (Å²) in [7, 11) is 0. The fourth-order valence-electron chi connectivity index (χ4n) is 2.27. The molecular formula is C10H16N2O3. The minimum Gasteiger partial charge on any atom is -0.390 e. The van der Waals surface area contributed by atoms with Gasteiger partial charge in [-0.3, -0.25) is 9.59 Å². The summed E-state index contributed by atoms with van der Waals surface area (Å²) in [5.41, 5.74) is 0. The Balaban J connectivity index is 2.23. The Morgan fingerprint density at radius 2 is 2.13 bits per heavy atom. The third-order valence-electron chi connectivity index (χ3n) is 3.15.